The van der Waals surface area contributed by atoms with E-state index in [2.05, 4.69) is 31.3 Å². The van der Waals surface area contributed by atoms with E-state index in [1.807, 2.05) is 0 Å². The molecule has 8 nitrogen and oxygen atoms in total. The number of benzene rings is 1. The van der Waals surface area contributed by atoms with Crippen LogP contribution >= 0.6 is 39.1 Å². The maximum absolute atomic E-state index is 11.8. The van der Waals surface area contributed by atoms with Crippen molar-refractivity contribution in [3.05, 3.63) is 43.1 Å². The third-order valence-electron chi connectivity index (χ3n) is 2.28. The maximum atomic E-state index is 11.8. The molecule has 2 rings (SSSR count). The number of hydrogen-bond donors (Lipinski definition) is 1. The predicted molar refractivity (Wildman–Crippen MR) is 79.5 cm³/mol. The number of amides is 1. The van der Waals surface area contributed by atoms with Crippen molar-refractivity contribution in [2.24, 2.45) is 0 Å². The van der Waals surface area contributed by atoms with Crippen LogP contribution in [0.25, 0.3) is 0 Å². The van der Waals surface area contributed by atoms with E-state index < -0.39 is 16.8 Å². The molecule has 0 saturated carbocycles. The lowest BCUT2D eigenvalue weighted by Gasteiger charge is -2.05. The summed E-state index contributed by atoms with van der Waals surface area (Å²) in [5.74, 6) is -1.04. The molecule has 0 radical (unpaired) electrons. The summed E-state index contributed by atoms with van der Waals surface area (Å²) in [5.41, 5.74) is 0.445. The fourth-order valence-corrected chi connectivity index (χ4v) is 2.06. The van der Waals surface area contributed by atoms with Gasteiger partial charge in [-0.2, -0.15) is 4.68 Å². The molecule has 0 unspecified atom stereocenters. The second-order valence-electron chi connectivity index (χ2n) is 3.77. The lowest BCUT2D eigenvalue weighted by molar-refractivity contribution is -0.394. The third kappa shape index (κ3) is 3.90. The van der Waals surface area contributed by atoms with Crippen LogP contribution < -0.4 is 5.32 Å². The standard InChI is InChI=1S/C10H6BrCl2N5O3/c11-9-15-10(18(20)21)16-17(9)4-8(19)14-5-1-2-6(12)7(13)3-5/h1-3H,4H2,(H,14,19). The Morgan fingerprint density at radius 2 is 2.14 bits per heavy atom. The average Bonchev–Trinajstić information content (AvgIpc) is 2.76. The predicted octanol–water partition coefficient (Wildman–Crippen LogP) is 2.89. The minimum absolute atomic E-state index is 0.0819. The Morgan fingerprint density at radius 1 is 1.43 bits per heavy atom. The van der Waals surface area contributed by atoms with Crippen LogP contribution in [-0.2, 0) is 11.3 Å². The zero-order valence-corrected chi connectivity index (χ0v) is 13.2. The van der Waals surface area contributed by atoms with Gasteiger partial charge in [0.25, 0.3) is 4.73 Å². The number of hydrogen-bond acceptors (Lipinski definition) is 5. The molecule has 110 valence electrons. The van der Waals surface area contributed by atoms with E-state index in [9.17, 15) is 14.9 Å². The molecule has 0 fully saturated rings. The quantitative estimate of drug-likeness (QED) is 0.634. The molecule has 2 aromatic rings. The van der Waals surface area contributed by atoms with Gasteiger partial charge in [-0.3, -0.25) is 4.79 Å². The van der Waals surface area contributed by atoms with Gasteiger partial charge in [0.15, 0.2) is 0 Å². The highest BCUT2D eigenvalue weighted by Gasteiger charge is 2.21. The van der Waals surface area contributed by atoms with E-state index >= 15 is 0 Å². The molecule has 1 heterocycles. The number of nitrogens with zero attached hydrogens (tertiary/aromatic N) is 4. The molecule has 0 atom stereocenters. The average molecular weight is 395 g/mol. The molecule has 21 heavy (non-hydrogen) atoms. The first-order chi connectivity index (χ1) is 9.86. The molecular formula is C10H6BrCl2N5O3. The molecule has 0 aliphatic heterocycles. The summed E-state index contributed by atoms with van der Waals surface area (Å²) in [7, 11) is 0. The monoisotopic (exact) mass is 393 g/mol. The molecule has 1 aromatic carbocycles. The highest BCUT2D eigenvalue weighted by Crippen LogP contribution is 2.25. The summed E-state index contributed by atoms with van der Waals surface area (Å²) in [4.78, 5) is 25.2. The summed E-state index contributed by atoms with van der Waals surface area (Å²) in [6.07, 6.45) is 0. The lowest BCUT2D eigenvalue weighted by atomic mass is 10.3. The van der Waals surface area contributed by atoms with Crippen molar-refractivity contribution in [1.29, 1.82) is 0 Å². The van der Waals surface area contributed by atoms with Gasteiger partial charge >= 0.3 is 5.95 Å². The third-order valence-corrected chi connectivity index (χ3v) is 3.60. The van der Waals surface area contributed by atoms with Crippen LogP contribution in [0.4, 0.5) is 11.6 Å². The van der Waals surface area contributed by atoms with Crippen molar-refractivity contribution >= 4 is 56.7 Å². The summed E-state index contributed by atoms with van der Waals surface area (Å²) >= 11 is 14.6. The Kier molecular flexibility index (Phi) is 4.76. The van der Waals surface area contributed by atoms with Crippen LogP contribution in [0, 0.1) is 10.1 Å². The number of anilines is 1. The first-order valence-electron chi connectivity index (χ1n) is 5.36. The molecule has 0 aliphatic rings. The normalized spacial score (nSPS) is 10.4. The number of carbonyl (C=O) groups excluding carboxylic acids is 1. The van der Waals surface area contributed by atoms with Gasteiger partial charge in [0, 0.05) is 26.7 Å². The van der Waals surface area contributed by atoms with Gasteiger partial charge in [-0.05, 0) is 28.1 Å². The SMILES string of the molecule is O=C(Cn1nc([N+](=O)[O-])nc1Br)Nc1ccc(Cl)c(Cl)c1. The first kappa shape index (κ1) is 15.7. The summed E-state index contributed by atoms with van der Waals surface area (Å²) in [5, 5.41) is 17.3. The number of rotatable bonds is 4. The van der Waals surface area contributed by atoms with Crippen LogP contribution in [0.2, 0.25) is 10.0 Å². The van der Waals surface area contributed by atoms with Crippen molar-refractivity contribution in [2.75, 3.05) is 5.32 Å². The lowest BCUT2D eigenvalue weighted by Crippen LogP contribution is -2.19. The molecule has 0 bridgehead atoms. The largest absolute Gasteiger partial charge is 0.492 e. The van der Waals surface area contributed by atoms with Gasteiger partial charge in [-0.15, -0.1) is 0 Å². The minimum atomic E-state index is -0.752. The Bertz CT molecular complexity index is 721. The number of nitro groups is 1. The smallest absolute Gasteiger partial charge is 0.390 e. The topological polar surface area (TPSA) is 103 Å². The van der Waals surface area contributed by atoms with Crippen molar-refractivity contribution in [1.82, 2.24) is 14.8 Å². The number of aromatic nitrogens is 3. The minimum Gasteiger partial charge on any atom is -0.390 e. The van der Waals surface area contributed by atoms with Crippen LogP contribution in [0.5, 0.6) is 0 Å². The molecule has 0 aliphatic carbocycles. The van der Waals surface area contributed by atoms with Gasteiger partial charge < -0.3 is 15.4 Å². The molecule has 1 amide bonds. The van der Waals surface area contributed by atoms with E-state index in [1.165, 1.54) is 12.1 Å². The van der Waals surface area contributed by atoms with E-state index in [0.29, 0.717) is 15.7 Å². The van der Waals surface area contributed by atoms with E-state index in [1.54, 1.807) is 6.07 Å². The van der Waals surface area contributed by atoms with E-state index in [4.69, 9.17) is 23.2 Å². The maximum Gasteiger partial charge on any atom is 0.492 e. The van der Waals surface area contributed by atoms with Crippen molar-refractivity contribution in [3.63, 3.8) is 0 Å². The fraction of sp³-hybridized carbons (Fsp3) is 0.100. The van der Waals surface area contributed by atoms with Gasteiger partial charge in [0.05, 0.1) is 10.0 Å². The number of nitrogens with one attached hydrogen (secondary N) is 1. The van der Waals surface area contributed by atoms with Crippen LogP contribution in [0.3, 0.4) is 0 Å². The number of halogens is 3. The molecule has 1 aromatic heterocycles. The van der Waals surface area contributed by atoms with E-state index in [0.717, 1.165) is 4.68 Å². The molecule has 11 heteroatoms. The highest BCUT2D eigenvalue weighted by atomic mass is 79.9. The first-order valence-corrected chi connectivity index (χ1v) is 6.91. The van der Waals surface area contributed by atoms with Gasteiger partial charge in [-0.1, -0.05) is 23.2 Å². The Morgan fingerprint density at radius 3 is 2.71 bits per heavy atom. The second kappa shape index (κ2) is 6.37. The molecule has 0 saturated heterocycles. The molecule has 1 N–H and O–H groups in total. The van der Waals surface area contributed by atoms with E-state index in [-0.39, 0.29) is 11.3 Å². The Hall–Kier alpha value is -1.71. The Labute approximate surface area is 136 Å². The van der Waals surface area contributed by atoms with Crippen LogP contribution in [-0.4, -0.2) is 25.6 Å². The van der Waals surface area contributed by atoms with Gasteiger partial charge in [0.2, 0.25) is 5.91 Å². The highest BCUT2D eigenvalue weighted by molar-refractivity contribution is 9.10. The molecule has 0 spiro atoms. The summed E-state index contributed by atoms with van der Waals surface area (Å²) < 4.78 is 1.14. The fourth-order valence-electron chi connectivity index (χ4n) is 1.40. The number of carbonyl (C=O) groups is 1. The van der Waals surface area contributed by atoms with Crippen molar-refractivity contribution < 1.29 is 9.72 Å². The zero-order valence-electron chi connectivity index (χ0n) is 10.1. The Balaban J connectivity index is 2.07. The van der Waals surface area contributed by atoms with Gasteiger partial charge in [0.1, 0.15) is 6.54 Å². The van der Waals surface area contributed by atoms with Crippen LogP contribution in [0.1, 0.15) is 0 Å². The van der Waals surface area contributed by atoms with Crippen molar-refractivity contribution in [2.45, 2.75) is 6.54 Å². The van der Waals surface area contributed by atoms with Crippen molar-refractivity contribution in [3.8, 4) is 0 Å². The molecular weight excluding hydrogens is 389 g/mol. The summed E-state index contributed by atoms with van der Waals surface area (Å²) in [6, 6.07) is 4.60. The zero-order chi connectivity index (χ0) is 15.6. The summed E-state index contributed by atoms with van der Waals surface area (Å²) in [6.45, 7) is -0.248. The van der Waals surface area contributed by atoms with Gasteiger partial charge in [-0.25, -0.2) is 0 Å². The second-order valence-corrected chi connectivity index (χ2v) is 5.30. The van der Waals surface area contributed by atoms with Crippen LogP contribution in [0.15, 0.2) is 22.9 Å².